The van der Waals surface area contributed by atoms with Crippen LogP contribution >= 0.6 is 11.8 Å². The fourth-order valence-corrected chi connectivity index (χ4v) is 3.81. The van der Waals surface area contributed by atoms with E-state index in [1.54, 1.807) is 48.2 Å². The first-order valence-electron chi connectivity index (χ1n) is 9.83. The number of aromatic nitrogens is 3. The molecule has 10 nitrogen and oxygen atoms in total. The first-order valence-corrected chi connectivity index (χ1v) is 11.2. The molecule has 0 aliphatic carbocycles. The van der Waals surface area contributed by atoms with Crippen molar-refractivity contribution >= 4 is 51.8 Å². The lowest BCUT2D eigenvalue weighted by atomic mass is 10.1. The largest absolute Gasteiger partial charge is 0.340 e. The fraction of sp³-hybridized carbons (Fsp3) is 0.238. The third-order valence-electron chi connectivity index (χ3n) is 4.96. The van der Waals surface area contributed by atoms with E-state index < -0.39 is 23.4 Å². The van der Waals surface area contributed by atoms with Crippen LogP contribution in [0.25, 0.3) is 10.9 Å². The van der Waals surface area contributed by atoms with E-state index in [-0.39, 0.29) is 18.0 Å². The summed E-state index contributed by atoms with van der Waals surface area (Å²) in [5.41, 5.74) is 0.983. The van der Waals surface area contributed by atoms with Gasteiger partial charge in [0, 0.05) is 5.69 Å². The summed E-state index contributed by atoms with van der Waals surface area (Å²) in [4.78, 5) is 50.0. The number of hydrogen-bond acceptors (Lipinski definition) is 7. The first-order chi connectivity index (χ1) is 15.5. The highest BCUT2D eigenvalue weighted by atomic mass is 32.2. The molecule has 3 aromatic rings. The van der Waals surface area contributed by atoms with Gasteiger partial charge in [-0.25, -0.2) is 4.68 Å². The number of anilines is 2. The van der Waals surface area contributed by atoms with E-state index in [0.717, 1.165) is 10.4 Å². The third-order valence-corrected chi connectivity index (χ3v) is 5.60. The van der Waals surface area contributed by atoms with Crippen molar-refractivity contribution in [3.05, 3.63) is 58.4 Å². The quantitative estimate of drug-likeness (QED) is 0.512. The maximum absolute atomic E-state index is 12.6. The summed E-state index contributed by atoms with van der Waals surface area (Å²) < 4.78 is 0.977. The number of hydrogen-bond donors (Lipinski definition) is 3. The van der Waals surface area contributed by atoms with Gasteiger partial charge < -0.3 is 16.0 Å². The second-order valence-corrected chi connectivity index (χ2v) is 8.16. The van der Waals surface area contributed by atoms with E-state index in [0.29, 0.717) is 28.7 Å². The van der Waals surface area contributed by atoms with Crippen LogP contribution in [0.1, 0.15) is 16.8 Å². The summed E-state index contributed by atoms with van der Waals surface area (Å²) in [5.74, 6) is -0.463. The van der Waals surface area contributed by atoms with Crippen molar-refractivity contribution in [1.29, 1.82) is 0 Å². The zero-order chi connectivity index (χ0) is 22.7. The molecule has 0 saturated carbocycles. The number of carbonyl (C=O) groups is 3. The minimum atomic E-state index is -0.626. The molecule has 2 aromatic carbocycles. The smallest absolute Gasteiger partial charge is 0.278 e. The second-order valence-electron chi connectivity index (χ2n) is 7.17. The van der Waals surface area contributed by atoms with E-state index in [4.69, 9.17) is 0 Å². The molecule has 2 heterocycles. The Balaban J connectivity index is 1.50. The van der Waals surface area contributed by atoms with E-state index in [1.807, 2.05) is 6.26 Å². The zero-order valence-corrected chi connectivity index (χ0v) is 17.9. The van der Waals surface area contributed by atoms with E-state index in [9.17, 15) is 19.2 Å². The van der Waals surface area contributed by atoms with E-state index >= 15 is 0 Å². The zero-order valence-electron chi connectivity index (χ0n) is 17.1. The molecule has 1 aliphatic heterocycles. The van der Waals surface area contributed by atoms with Gasteiger partial charge in [0.2, 0.25) is 11.8 Å². The number of benzene rings is 2. The Morgan fingerprint density at radius 2 is 2.00 bits per heavy atom. The molecule has 11 heteroatoms. The minimum absolute atomic E-state index is 0.241. The molecule has 0 saturated heterocycles. The van der Waals surface area contributed by atoms with Gasteiger partial charge in [-0.2, -0.15) is 11.8 Å². The molecule has 4 rings (SSSR count). The SMILES string of the molecule is CSCC[C@@H]1NC(=O)c2cc(NC(=O)Cn3nnc4ccccc4c3=O)ccc2NC1=O. The molecule has 0 bridgehead atoms. The van der Waals surface area contributed by atoms with Gasteiger partial charge in [-0.1, -0.05) is 17.3 Å². The topological polar surface area (TPSA) is 135 Å². The molecule has 164 valence electrons. The Morgan fingerprint density at radius 1 is 1.19 bits per heavy atom. The highest BCUT2D eigenvalue weighted by molar-refractivity contribution is 7.98. The van der Waals surface area contributed by atoms with Gasteiger partial charge in [0.15, 0.2) is 0 Å². The van der Waals surface area contributed by atoms with Gasteiger partial charge >= 0.3 is 0 Å². The number of nitrogens with zero attached hydrogens (tertiary/aromatic N) is 3. The van der Waals surface area contributed by atoms with Crippen LogP contribution in [0.4, 0.5) is 11.4 Å². The standard InChI is InChI=1S/C21H20N6O4S/c1-32-9-8-17-20(30)23-15-7-6-12(10-14(15)19(29)24-17)22-18(28)11-27-21(31)13-4-2-3-5-16(13)25-26-27/h2-7,10,17H,8-9,11H2,1H3,(H,22,28)(H,23,30)(H,24,29)/t17-/m0/s1. The van der Waals surface area contributed by atoms with Crippen LogP contribution in [0.2, 0.25) is 0 Å². The Kier molecular flexibility index (Phi) is 6.17. The average Bonchev–Trinajstić information content (AvgIpc) is 2.90. The lowest BCUT2D eigenvalue weighted by molar-refractivity contribution is -0.118. The van der Waals surface area contributed by atoms with Crippen molar-refractivity contribution in [2.75, 3.05) is 22.6 Å². The molecule has 0 fully saturated rings. The second kappa shape index (κ2) is 9.18. The molecule has 0 radical (unpaired) electrons. The molecule has 3 amide bonds. The van der Waals surface area contributed by atoms with Gasteiger partial charge in [-0.3, -0.25) is 19.2 Å². The van der Waals surface area contributed by atoms with Gasteiger partial charge in [-0.05, 0) is 48.8 Å². The number of nitrogens with one attached hydrogen (secondary N) is 3. The monoisotopic (exact) mass is 452 g/mol. The summed E-state index contributed by atoms with van der Waals surface area (Å²) in [7, 11) is 0. The fourth-order valence-electron chi connectivity index (χ4n) is 3.34. The van der Waals surface area contributed by atoms with Crippen LogP contribution in [0.15, 0.2) is 47.3 Å². The summed E-state index contributed by atoms with van der Waals surface area (Å²) in [6.07, 6.45) is 2.44. The van der Waals surface area contributed by atoms with Crippen molar-refractivity contribution in [2.45, 2.75) is 19.0 Å². The number of fused-ring (bicyclic) bond motifs is 2. The van der Waals surface area contributed by atoms with Gasteiger partial charge in [-0.15, -0.1) is 5.10 Å². The summed E-state index contributed by atoms with van der Waals surface area (Å²) >= 11 is 1.59. The minimum Gasteiger partial charge on any atom is -0.340 e. The van der Waals surface area contributed by atoms with Crippen molar-refractivity contribution < 1.29 is 14.4 Å². The van der Waals surface area contributed by atoms with Crippen molar-refractivity contribution in [1.82, 2.24) is 20.3 Å². The lowest BCUT2D eigenvalue weighted by Crippen LogP contribution is -2.41. The van der Waals surface area contributed by atoms with Crippen LogP contribution in [-0.4, -0.2) is 50.8 Å². The van der Waals surface area contributed by atoms with Crippen LogP contribution in [0.5, 0.6) is 0 Å². The average molecular weight is 452 g/mol. The Morgan fingerprint density at radius 3 is 2.81 bits per heavy atom. The lowest BCUT2D eigenvalue weighted by Gasteiger charge is -2.13. The van der Waals surface area contributed by atoms with Gasteiger partial charge in [0.05, 0.1) is 16.6 Å². The molecular weight excluding hydrogens is 432 g/mol. The highest BCUT2D eigenvalue weighted by Crippen LogP contribution is 2.24. The Bertz CT molecular complexity index is 1270. The van der Waals surface area contributed by atoms with Crippen LogP contribution in [0.3, 0.4) is 0 Å². The van der Waals surface area contributed by atoms with Crippen molar-refractivity contribution in [3.63, 3.8) is 0 Å². The highest BCUT2D eigenvalue weighted by Gasteiger charge is 2.27. The number of rotatable bonds is 6. The summed E-state index contributed by atoms with van der Waals surface area (Å²) in [6.45, 7) is -0.340. The van der Waals surface area contributed by atoms with E-state index in [1.165, 1.54) is 6.07 Å². The maximum atomic E-state index is 12.6. The third kappa shape index (κ3) is 4.47. The van der Waals surface area contributed by atoms with Crippen LogP contribution in [0, 0.1) is 0 Å². The van der Waals surface area contributed by atoms with E-state index in [2.05, 4.69) is 26.3 Å². The number of amides is 3. The molecule has 1 aliphatic rings. The van der Waals surface area contributed by atoms with Crippen LogP contribution < -0.4 is 21.5 Å². The molecule has 1 aromatic heterocycles. The molecule has 1 atom stereocenters. The van der Waals surface area contributed by atoms with Gasteiger partial charge in [0.1, 0.15) is 18.1 Å². The Hall–Kier alpha value is -3.73. The molecule has 3 N–H and O–H groups in total. The van der Waals surface area contributed by atoms with Gasteiger partial charge in [0.25, 0.3) is 11.5 Å². The summed E-state index contributed by atoms with van der Waals surface area (Å²) in [6, 6.07) is 10.7. The number of carbonyl (C=O) groups excluding carboxylic acids is 3. The van der Waals surface area contributed by atoms with Crippen molar-refractivity contribution in [3.8, 4) is 0 Å². The summed E-state index contributed by atoms with van der Waals surface area (Å²) in [5, 5.41) is 16.2. The first kappa shape index (κ1) is 21.5. The predicted octanol–water partition coefficient (Wildman–Crippen LogP) is 1.23. The number of thioether (sulfide) groups is 1. The predicted molar refractivity (Wildman–Crippen MR) is 122 cm³/mol. The maximum Gasteiger partial charge on any atom is 0.278 e. The van der Waals surface area contributed by atoms with Crippen LogP contribution in [-0.2, 0) is 16.1 Å². The van der Waals surface area contributed by atoms with Crippen molar-refractivity contribution in [2.24, 2.45) is 0 Å². The Labute approximate surface area is 186 Å². The molecular formula is C21H20N6O4S. The normalized spacial score (nSPS) is 15.5. The molecule has 0 spiro atoms. The molecule has 0 unspecified atom stereocenters. The molecule has 32 heavy (non-hydrogen) atoms.